The van der Waals surface area contributed by atoms with E-state index in [-0.39, 0.29) is 18.5 Å². The van der Waals surface area contributed by atoms with E-state index in [1.54, 1.807) is 4.90 Å². The van der Waals surface area contributed by atoms with Gasteiger partial charge < -0.3 is 9.64 Å². The molecule has 5 rings (SSSR count). The minimum absolute atomic E-state index is 0.0496. The van der Waals surface area contributed by atoms with Crippen molar-refractivity contribution in [2.24, 2.45) is 5.92 Å². The summed E-state index contributed by atoms with van der Waals surface area (Å²) in [7, 11) is 0. The summed E-state index contributed by atoms with van der Waals surface area (Å²) in [6.45, 7) is 2.21. The Morgan fingerprint density at radius 3 is 2.69 bits per heavy atom. The topological polar surface area (TPSA) is 66.9 Å². The van der Waals surface area contributed by atoms with Crippen LogP contribution in [0.5, 0.6) is 0 Å². The summed E-state index contributed by atoms with van der Waals surface area (Å²) >= 11 is 3.45. The first-order valence-electron chi connectivity index (χ1n) is 11.1. The Morgan fingerprint density at radius 2 is 1.97 bits per heavy atom. The van der Waals surface area contributed by atoms with Crippen LogP contribution in [0.15, 0.2) is 53.0 Å². The van der Waals surface area contributed by atoms with Crippen LogP contribution in [0.2, 0.25) is 0 Å². The van der Waals surface area contributed by atoms with Crippen molar-refractivity contribution in [2.45, 2.75) is 50.8 Å². The molecule has 2 aliphatic carbocycles. The first-order valence-corrected chi connectivity index (χ1v) is 11.9. The Bertz CT molecular complexity index is 1080. The molecule has 1 saturated carbocycles. The first-order chi connectivity index (χ1) is 15.4. The summed E-state index contributed by atoms with van der Waals surface area (Å²) in [4.78, 5) is 42.4. The normalized spacial score (nSPS) is 22.8. The van der Waals surface area contributed by atoms with E-state index in [0.717, 1.165) is 33.3 Å². The van der Waals surface area contributed by atoms with Crippen molar-refractivity contribution in [2.75, 3.05) is 6.54 Å². The molecule has 2 fully saturated rings. The van der Waals surface area contributed by atoms with Crippen LogP contribution >= 0.6 is 15.9 Å². The van der Waals surface area contributed by atoms with Crippen molar-refractivity contribution in [3.05, 3.63) is 69.7 Å². The molecule has 0 bridgehead atoms. The number of carbonyl (C=O) groups is 3. The Hall–Kier alpha value is -2.67. The minimum atomic E-state index is -1.32. The van der Waals surface area contributed by atoms with E-state index in [0.29, 0.717) is 30.9 Å². The van der Waals surface area contributed by atoms with Gasteiger partial charge in [0.05, 0.1) is 0 Å². The molecule has 2 aromatic rings. The minimum Gasteiger partial charge on any atom is -0.427 e. The monoisotopic (exact) mass is 496 g/mol. The molecule has 1 aliphatic heterocycles. The average molecular weight is 497 g/mol. The maximum Gasteiger partial charge on any atom is 0.418 e. The number of benzene rings is 2. The van der Waals surface area contributed by atoms with Gasteiger partial charge in [-0.15, -0.1) is 0 Å². The predicted molar refractivity (Wildman–Crippen MR) is 122 cm³/mol. The summed E-state index contributed by atoms with van der Waals surface area (Å²) in [5, 5.41) is 0. The number of hydrogen-bond acceptors (Lipinski definition) is 4. The molecule has 0 aromatic heterocycles. The molecule has 7 heteroatoms. The molecule has 1 spiro atoms. The summed E-state index contributed by atoms with van der Waals surface area (Å²) in [6.07, 6.45) is 2.51. The van der Waals surface area contributed by atoms with Crippen molar-refractivity contribution >= 4 is 33.8 Å². The zero-order chi connectivity index (χ0) is 22.5. The molecule has 0 N–H and O–H groups in total. The molecule has 0 radical (unpaired) electrons. The van der Waals surface area contributed by atoms with Crippen molar-refractivity contribution in [1.82, 2.24) is 9.80 Å². The fourth-order valence-electron chi connectivity index (χ4n) is 4.90. The van der Waals surface area contributed by atoms with E-state index in [1.165, 1.54) is 0 Å². The zero-order valence-electron chi connectivity index (χ0n) is 17.9. The van der Waals surface area contributed by atoms with Crippen LogP contribution in [0.4, 0.5) is 4.79 Å². The molecular formula is C25H25BrN2O4. The molecule has 1 heterocycles. The van der Waals surface area contributed by atoms with Crippen molar-refractivity contribution < 1.29 is 19.1 Å². The maximum atomic E-state index is 13.4. The Balaban J connectivity index is 1.38. The van der Waals surface area contributed by atoms with Crippen LogP contribution in [0.1, 0.15) is 42.9 Å². The average Bonchev–Trinajstić information content (AvgIpc) is 3.54. The Morgan fingerprint density at radius 1 is 1.22 bits per heavy atom. The third kappa shape index (κ3) is 3.62. The lowest BCUT2D eigenvalue weighted by Crippen LogP contribution is -2.47. The lowest BCUT2D eigenvalue weighted by Gasteiger charge is -2.30. The van der Waals surface area contributed by atoms with E-state index in [2.05, 4.69) is 22.9 Å². The van der Waals surface area contributed by atoms with Gasteiger partial charge in [-0.1, -0.05) is 52.3 Å². The predicted octanol–water partition coefficient (Wildman–Crippen LogP) is 4.40. The highest BCUT2D eigenvalue weighted by molar-refractivity contribution is 9.10. The van der Waals surface area contributed by atoms with Crippen LogP contribution in [0.3, 0.4) is 0 Å². The van der Waals surface area contributed by atoms with Crippen LogP contribution in [-0.2, 0) is 32.9 Å². The maximum absolute atomic E-state index is 13.4. The molecular weight excluding hydrogens is 472 g/mol. The molecule has 0 unspecified atom stereocenters. The van der Waals surface area contributed by atoms with Crippen molar-refractivity contribution in [3.8, 4) is 0 Å². The van der Waals surface area contributed by atoms with Crippen LogP contribution in [-0.4, -0.2) is 40.3 Å². The summed E-state index contributed by atoms with van der Waals surface area (Å²) in [5.74, 6) is -0.205. The second-order valence-electron chi connectivity index (χ2n) is 8.97. The number of fused-ring (bicyclic) bond motifs is 2. The zero-order valence-corrected chi connectivity index (χ0v) is 19.5. The fraction of sp³-hybridized carbons (Fsp3) is 0.400. The molecule has 6 nitrogen and oxygen atoms in total. The second-order valence-corrected chi connectivity index (χ2v) is 9.89. The van der Waals surface area contributed by atoms with Gasteiger partial charge in [-0.05, 0) is 55.4 Å². The highest BCUT2D eigenvalue weighted by Crippen LogP contribution is 2.46. The first kappa shape index (κ1) is 21.2. The van der Waals surface area contributed by atoms with Gasteiger partial charge in [-0.25, -0.2) is 9.69 Å². The number of amides is 3. The van der Waals surface area contributed by atoms with Gasteiger partial charge in [0.2, 0.25) is 11.5 Å². The number of halogens is 1. The van der Waals surface area contributed by atoms with Crippen molar-refractivity contribution in [3.63, 3.8) is 0 Å². The van der Waals surface area contributed by atoms with E-state index < -0.39 is 17.6 Å². The van der Waals surface area contributed by atoms with Gasteiger partial charge >= 0.3 is 6.09 Å². The van der Waals surface area contributed by atoms with E-state index in [9.17, 15) is 14.4 Å². The Labute approximate surface area is 195 Å². The molecule has 1 saturated heterocycles. The van der Waals surface area contributed by atoms with Gasteiger partial charge in [0, 0.05) is 29.0 Å². The molecule has 2 atom stereocenters. The largest absolute Gasteiger partial charge is 0.427 e. The number of hydrogen-bond donors (Lipinski definition) is 0. The highest BCUT2D eigenvalue weighted by Gasteiger charge is 2.58. The highest BCUT2D eigenvalue weighted by atomic mass is 79.9. The molecule has 3 aliphatic rings. The number of imide groups is 1. The number of ether oxygens (including phenoxy) is 1. The van der Waals surface area contributed by atoms with E-state index in [4.69, 9.17) is 4.74 Å². The number of nitrogens with zero attached hydrogens (tertiary/aromatic N) is 2. The third-order valence-corrected chi connectivity index (χ3v) is 7.42. The molecule has 166 valence electrons. The van der Waals surface area contributed by atoms with Crippen LogP contribution < -0.4 is 0 Å². The van der Waals surface area contributed by atoms with Gasteiger partial charge in [0.25, 0.3) is 5.91 Å². The van der Waals surface area contributed by atoms with Gasteiger partial charge in [-0.3, -0.25) is 9.59 Å². The number of carbonyl (C=O) groups excluding carboxylic acids is 3. The van der Waals surface area contributed by atoms with Gasteiger partial charge in [0.1, 0.15) is 6.54 Å². The molecule has 32 heavy (non-hydrogen) atoms. The second kappa shape index (κ2) is 8.03. The van der Waals surface area contributed by atoms with Crippen LogP contribution in [0, 0.1) is 5.92 Å². The quantitative estimate of drug-likeness (QED) is 0.594. The van der Waals surface area contributed by atoms with Crippen molar-refractivity contribution in [1.29, 1.82) is 0 Å². The van der Waals surface area contributed by atoms with Gasteiger partial charge in [-0.2, -0.15) is 0 Å². The summed E-state index contributed by atoms with van der Waals surface area (Å²) in [5.41, 5.74) is 1.42. The Kier molecular flexibility index (Phi) is 5.32. The standard InChI is InChI=1S/C25H25BrN2O4/c1-16(18-7-8-18)27(14-17-5-3-2-4-6-17)22(29)15-28-23(30)25(32-24(28)31)12-11-19-9-10-20(26)13-21(19)25/h2-6,9-10,13,16,18H,7-8,11-12,14-15H2,1H3/t16-,25-/m0/s1. The SMILES string of the molecule is C[C@@H](C1CC1)N(Cc1ccccc1)C(=O)CN1C(=O)O[C@]2(CCc3ccc(Br)cc32)C1=O. The molecule has 3 amide bonds. The number of aryl methyl sites for hydroxylation is 1. The molecule has 2 aromatic carbocycles. The lowest BCUT2D eigenvalue weighted by atomic mass is 9.95. The summed E-state index contributed by atoms with van der Waals surface area (Å²) < 4.78 is 6.50. The fourth-order valence-corrected chi connectivity index (χ4v) is 5.26. The lowest BCUT2D eigenvalue weighted by molar-refractivity contribution is -0.143. The van der Waals surface area contributed by atoms with E-state index in [1.807, 2.05) is 48.5 Å². The number of rotatable bonds is 6. The summed E-state index contributed by atoms with van der Waals surface area (Å²) in [6, 6.07) is 15.6. The smallest absolute Gasteiger partial charge is 0.418 e. The van der Waals surface area contributed by atoms with Crippen LogP contribution in [0.25, 0.3) is 0 Å². The van der Waals surface area contributed by atoms with Gasteiger partial charge in [0.15, 0.2) is 0 Å². The third-order valence-electron chi connectivity index (χ3n) is 6.93. The van der Waals surface area contributed by atoms with E-state index >= 15 is 0 Å².